The number of rotatable bonds is 5. The minimum absolute atomic E-state index is 0.247. The molecule has 8 nitrogen and oxygen atoms in total. The molecule has 0 amide bonds. The van der Waals surface area contributed by atoms with E-state index in [1.54, 1.807) is 30.2 Å². The number of carbonyl (C=O) groups is 1. The molecule has 5 rings (SSSR count). The Labute approximate surface area is 228 Å². The van der Waals surface area contributed by atoms with Crippen molar-refractivity contribution in [3.63, 3.8) is 0 Å². The summed E-state index contributed by atoms with van der Waals surface area (Å²) in [5, 5.41) is 0.998. The molecule has 0 radical (unpaired) electrons. The first kappa shape index (κ1) is 26.2. The van der Waals surface area contributed by atoms with Gasteiger partial charge in [0.2, 0.25) is 5.95 Å². The highest BCUT2D eigenvalue weighted by Gasteiger charge is 2.45. The summed E-state index contributed by atoms with van der Waals surface area (Å²) in [5.41, 5.74) is 17.2. The number of aliphatic imine (C=N–C) groups is 1. The van der Waals surface area contributed by atoms with Gasteiger partial charge in [-0.25, -0.2) is 19.3 Å². The lowest BCUT2D eigenvalue weighted by Gasteiger charge is -2.44. The second-order valence-corrected chi connectivity index (χ2v) is 10.9. The molecule has 2 aromatic heterocycles. The SMILES string of the molecule is CN=C/C(=C\N)c1c(C2(c3ccc(-c4cnc(N)nc4)cc3)CCC2)c2ccccc2n1C(=O)OC(C)(C)C. The van der Waals surface area contributed by atoms with Gasteiger partial charge in [0, 0.05) is 53.8 Å². The number of aromatic nitrogens is 3. The van der Waals surface area contributed by atoms with Crippen molar-refractivity contribution in [1.82, 2.24) is 14.5 Å². The summed E-state index contributed by atoms with van der Waals surface area (Å²) in [4.78, 5) is 26.3. The zero-order valence-corrected chi connectivity index (χ0v) is 22.8. The van der Waals surface area contributed by atoms with Crippen molar-refractivity contribution in [1.29, 1.82) is 0 Å². The monoisotopic (exact) mass is 522 g/mol. The van der Waals surface area contributed by atoms with Crippen LogP contribution in [0.15, 0.2) is 72.1 Å². The average molecular weight is 523 g/mol. The molecule has 8 heteroatoms. The lowest BCUT2D eigenvalue weighted by molar-refractivity contribution is 0.0543. The number of para-hydroxylation sites is 1. The maximum atomic E-state index is 13.7. The molecule has 2 aromatic carbocycles. The van der Waals surface area contributed by atoms with Gasteiger partial charge in [-0.05, 0) is 56.4 Å². The molecular weight excluding hydrogens is 488 g/mol. The van der Waals surface area contributed by atoms with E-state index >= 15 is 0 Å². The largest absolute Gasteiger partial charge is 0.443 e. The molecular formula is C31H34N6O2. The molecule has 0 spiro atoms. The Kier molecular flexibility index (Phi) is 6.72. The Morgan fingerprint density at radius 3 is 2.28 bits per heavy atom. The first-order valence-electron chi connectivity index (χ1n) is 13.1. The van der Waals surface area contributed by atoms with Gasteiger partial charge in [-0.15, -0.1) is 0 Å². The van der Waals surface area contributed by atoms with Crippen LogP contribution < -0.4 is 11.5 Å². The van der Waals surface area contributed by atoms with Crippen LogP contribution in [-0.2, 0) is 10.2 Å². The van der Waals surface area contributed by atoms with Crippen molar-refractivity contribution in [3.05, 3.63) is 83.9 Å². The molecule has 1 fully saturated rings. The van der Waals surface area contributed by atoms with Crippen LogP contribution in [-0.4, -0.2) is 39.5 Å². The van der Waals surface area contributed by atoms with E-state index in [1.807, 2.05) is 39.0 Å². The number of hydrogen-bond donors (Lipinski definition) is 2. The second kappa shape index (κ2) is 10.0. The highest BCUT2D eigenvalue weighted by Crippen LogP contribution is 2.54. The summed E-state index contributed by atoms with van der Waals surface area (Å²) in [7, 11) is 1.70. The molecule has 1 saturated carbocycles. The van der Waals surface area contributed by atoms with E-state index in [4.69, 9.17) is 16.2 Å². The molecule has 200 valence electrons. The predicted octanol–water partition coefficient (Wildman–Crippen LogP) is 5.93. The number of benzene rings is 2. The Morgan fingerprint density at radius 2 is 1.72 bits per heavy atom. The highest BCUT2D eigenvalue weighted by atomic mass is 16.6. The summed E-state index contributed by atoms with van der Waals surface area (Å²) in [6.45, 7) is 5.60. The molecule has 0 unspecified atom stereocenters. The smallest absolute Gasteiger partial charge is 0.419 e. The number of nitrogens with two attached hydrogens (primary N) is 2. The van der Waals surface area contributed by atoms with Gasteiger partial charge >= 0.3 is 6.09 Å². The molecule has 4 N–H and O–H groups in total. The molecule has 0 bridgehead atoms. The Hall–Kier alpha value is -4.46. The van der Waals surface area contributed by atoms with Gasteiger partial charge < -0.3 is 16.2 Å². The van der Waals surface area contributed by atoms with Crippen molar-refractivity contribution in [2.75, 3.05) is 12.8 Å². The topological polar surface area (TPSA) is 121 Å². The van der Waals surface area contributed by atoms with Crippen LogP contribution >= 0.6 is 0 Å². The zero-order valence-electron chi connectivity index (χ0n) is 22.8. The van der Waals surface area contributed by atoms with E-state index in [1.165, 1.54) is 11.8 Å². The van der Waals surface area contributed by atoms with Crippen molar-refractivity contribution in [2.45, 2.75) is 51.0 Å². The van der Waals surface area contributed by atoms with Crippen LogP contribution in [0.25, 0.3) is 27.6 Å². The third-order valence-electron chi connectivity index (χ3n) is 7.30. The molecule has 1 aliphatic rings. The Morgan fingerprint density at radius 1 is 1.05 bits per heavy atom. The third kappa shape index (κ3) is 4.67. The van der Waals surface area contributed by atoms with Crippen molar-refractivity contribution < 1.29 is 9.53 Å². The summed E-state index contributed by atoms with van der Waals surface area (Å²) < 4.78 is 7.56. The Balaban J connectivity index is 1.74. The van der Waals surface area contributed by atoms with Gasteiger partial charge in [0.25, 0.3) is 0 Å². The molecule has 0 aliphatic heterocycles. The number of ether oxygens (including phenoxy) is 1. The van der Waals surface area contributed by atoms with E-state index in [-0.39, 0.29) is 11.4 Å². The van der Waals surface area contributed by atoms with Crippen LogP contribution in [0, 0.1) is 0 Å². The van der Waals surface area contributed by atoms with E-state index < -0.39 is 11.7 Å². The minimum Gasteiger partial charge on any atom is -0.443 e. The quantitative estimate of drug-likeness (QED) is 0.313. The summed E-state index contributed by atoms with van der Waals surface area (Å²) in [5.74, 6) is 0.247. The minimum atomic E-state index is -0.666. The maximum absolute atomic E-state index is 13.7. The third-order valence-corrected chi connectivity index (χ3v) is 7.30. The number of nitrogens with zero attached hydrogens (tertiary/aromatic N) is 4. The number of anilines is 1. The number of nitrogen functional groups attached to an aromatic ring is 1. The number of hydrogen-bond acceptors (Lipinski definition) is 7. The normalized spacial score (nSPS) is 15.4. The molecule has 0 saturated heterocycles. The zero-order chi connectivity index (χ0) is 27.8. The Bertz CT molecular complexity index is 1570. The van der Waals surface area contributed by atoms with Gasteiger partial charge in [-0.3, -0.25) is 4.99 Å². The van der Waals surface area contributed by atoms with Crippen LogP contribution in [0.1, 0.15) is 56.9 Å². The molecule has 4 aromatic rings. The first-order chi connectivity index (χ1) is 18.7. The second-order valence-electron chi connectivity index (χ2n) is 10.9. The molecule has 39 heavy (non-hydrogen) atoms. The van der Waals surface area contributed by atoms with Gasteiger partial charge in [0.15, 0.2) is 0 Å². The summed E-state index contributed by atoms with van der Waals surface area (Å²) in [6.07, 6.45) is 9.18. The van der Waals surface area contributed by atoms with Gasteiger partial charge in [-0.1, -0.05) is 48.9 Å². The number of carbonyl (C=O) groups excluding carboxylic acids is 1. The fourth-order valence-electron chi connectivity index (χ4n) is 5.50. The van der Waals surface area contributed by atoms with Crippen molar-refractivity contribution in [2.24, 2.45) is 10.7 Å². The predicted molar refractivity (Wildman–Crippen MR) is 157 cm³/mol. The molecule has 2 heterocycles. The fraction of sp³-hybridized carbons (Fsp3) is 0.290. The van der Waals surface area contributed by atoms with E-state index in [2.05, 4.69) is 45.3 Å². The summed E-state index contributed by atoms with van der Waals surface area (Å²) >= 11 is 0. The van der Waals surface area contributed by atoms with Gasteiger partial charge in [-0.2, -0.15) is 0 Å². The lowest BCUT2D eigenvalue weighted by Crippen LogP contribution is -2.37. The average Bonchev–Trinajstić information content (AvgIpc) is 3.22. The van der Waals surface area contributed by atoms with Crippen LogP contribution in [0.4, 0.5) is 10.7 Å². The van der Waals surface area contributed by atoms with Gasteiger partial charge in [0.1, 0.15) is 5.60 Å². The van der Waals surface area contributed by atoms with Crippen LogP contribution in [0.5, 0.6) is 0 Å². The van der Waals surface area contributed by atoms with Gasteiger partial charge in [0.05, 0.1) is 11.2 Å². The highest BCUT2D eigenvalue weighted by molar-refractivity contribution is 6.14. The van der Waals surface area contributed by atoms with E-state index in [0.29, 0.717) is 11.3 Å². The number of fused-ring (bicyclic) bond motifs is 1. The fourth-order valence-corrected chi connectivity index (χ4v) is 5.50. The molecule has 0 atom stereocenters. The lowest BCUT2D eigenvalue weighted by atomic mass is 9.59. The standard InChI is InChI=1S/C31H34N6O2/c1-30(2,3)39-29(38)37-25-9-6-5-8-24(25)26(27(37)21(16-32)17-34-4)31(14-7-15-31)23-12-10-20(11-13-23)22-18-35-28(33)36-19-22/h5-6,8-13,16-19H,7,14-15,32H2,1-4H3,(H2,33,35,36)/b21-16+,34-17?. The van der Waals surface area contributed by atoms with Crippen molar-refractivity contribution >= 4 is 34.7 Å². The van der Waals surface area contributed by atoms with E-state index in [9.17, 15) is 4.79 Å². The summed E-state index contributed by atoms with van der Waals surface area (Å²) in [6, 6.07) is 16.5. The van der Waals surface area contributed by atoms with Crippen LogP contribution in [0.2, 0.25) is 0 Å². The number of allylic oxidation sites excluding steroid dienone is 1. The van der Waals surface area contributed by atoms with Crippen molar-refractivity contribution in [3.8, 4) is 11.1 Å². The maximum Gasteiger partial charge on any atom is 0.419 e. The first-order valence-corrected chi connectivity index (χ1v) is 13.1. The van der Waals surface area contributed by atoms with Crippen LogP contribution in [0.3, 0.4) is 0 Å². The van der Waals surface area contributed by atoms with E-state index in [0.717, 1.165) is 46.9 Å². The molecule has 1 aliphatic carbocycles.